The second kappa shape index (κ2) is 7.29. The molecule has 3 heteroatoms. The molecule has 0 aromatic heterocycles. The molecule has 2 rings (SSSR count). The second-order valence-electron chi connectivity index (χ2n) is 7.22. The molecule has 0 bridgehead atoms. The van der Waals surface area contributed by atoms with Gasteiger partial charge in [-0.1, -0.05) is 41.0 Å². The van der Waals surface area contributed by atoms with Crippen LogP contribution in [0.15, 0.2) is 15.9 Å². The van der Waals surface area contributed by atoms with Gasteiger partial charge in [-0.2, -0.15) is 0 Å². The third-order valence-corrected chi connectivity index (χ3v) is 5.01. The Labute approximate surface area is 139 Å². The van der Waals surface area contributed by atoms with Crippen LogP contribution in [0.2, 0.25) is 0 Å². The molecule has 0 radical (unpaired) electrons. The van der Waals surface area contributed by atoms with Crippen LogP contribution in [-0.2, 0) is 6.42 Å². The van der Waals surface area contributed by atoms with Crippen LogP contribution in [0.4, 0.5) is 0 Å². The summed E-state index contributed by atoms with van der Waals surface area (Å²) in [6.07, 6.45) is 4.65. The van der Waals surface area contributed by atoms with Gasteiger partial charge in [0.1, 0.15) is 5.75 Å². The third kappa shape index (κ3) is 3.65. The Bertz CT molecular complexity index is 662. The van der Waals surface area contributed by atoms with Crippen LogP contribution in [0, 0.1) is 5.92 Å². The quantitative estimate of drug-likeness (QED) is 0.819. The maximum absolute atomic E-state index is 12.7. The van der Waals surface area contributed by atoms with Gasteiger partial charge in [0.2, 0.25) is 0 Å². The molecule has 1 aromatic carbocycles. The molecule has 0 aliphatic heterocycles. The van der Waals surface area contributed by atoms with Gasteiger partial charge in [0.15, 0.2) is 5.43 Å². The lowest BCUT2D eigenvalue weighted by molar-refractivity contribution is 0.455. The first-order valence-electron chi connectivity index (χ1n) is 8.79. The van der Waals surface area contributed by atoms with Crippen LogP contribution in [0.5, 0.6) is 5.75 Å². The predicted molar refractivity (Wildman–Crippen MR) is 97.1 cm³/mol. The van der Waals surface area contributed by atoms with Crippen molar-refractivity contribution >= 4 is 6.21 Å². The van der Waals surface area contributed by atoms with Crippen molar-refractivity contribution in [2.24, 2.45) is 10.9 Å². The van der Waals surface area contributed by atoms with E-state index in [0.717, 1.165) is 42.5 Å². The molecule has 0 fully saturated rings. The number of nitrogens with zero attached hydrogens (tertiary/aromatic N) is 1. The lowest BCUT2D eigenvalue weighted by Crippen LogP contribution is -2.09. The number of aliphatic imine (C=N–C) groups is 1. The molecule has 1 aromatic rings. The van der Waals surface area contributed by atoms with E-state index in [2.05, 4.69) is 25.8 Å². The molecular weight excluding hydrogens is 286 g/mol. The Balaban J connectivity index is 2.60. The topological polar surface area (TPSA) is 49.7 Å². The minimum Gasteiger partial charge on any atom is -0.507 e. The number of rotatable bonds is 5. The number of hydrogen-bond acceptors (Lipinski definition) is 3. The third-order valence-electron chi connectivity index (χ3n) is 5.01. The Morgan fingerprint density at radius 3 is 2.70 bits per heavy atom. The fourth-order valence-electron chi connectivity index (χ4n) is 3.22. The molecule has 3 nitrogen and oxygen atoms in total. The molecule has 1 aliphatic carbocycles. The van der Waals surface area contributed by atoms with E-state index in [1.165, 1.54) is 0 Å². The number of fused-ring (bicyclic) bond motifs is 1. The van der Waals surface area contributed by atoms with E-state index < -0.39 is 0 Å². The molecule has 0 saturated heterocycles. The highest BCUT2D eigenvalue weighted by Gasteiger charge is 2.27. The molecule has 1 aliphatic rings. The van der Waals surface area contributed by atoms with E-state index in [-0.39, 0.29) is 17.3 Å². The monoisotopic (exact) mass is 315 g/mol. The van der Waals surface area contributed by atoms with E-state index in [4.69, 9.17) is 0 Å². The first-order valence-corrected chi connectivity index (χ1v) is 8.79. The van der Waals surface area contributed by atoms with Crippen molar-refractivity contribution in [1.82, 2.24) is 0 Å². The van der Waals surface area contributed by atoms with Crippen LogP contribution in [-0.4, -0.2) is 17.9 Å². The average molecular weight is 315 g/mol. The summed E-state index contributed by atoms with van der Waals surface area (Å²) >= 11 is 0. The molecule has 23 heavy (non-hydrogen) atoms. The number of aromatic hydroxyl groups is 1. The van der Waals surface area contributed by atoms with Crippen molar-refractivity contribution in [3.63, 3.8) is 0 Å². The van der Waals surface area contributed by atoms with Gasteiger partial charge < -0.3 is 5.11 Å². The van der Waals surface area contributed by atoms with E-state index in [1.54, 1.807) is 12.3 Å². The normalized spacial score (nSPS) is 18.6. The SMILES string of the molecule is CCC(C)CN=Cc1c2c(c(O)c(C(C)C)cc1=O)C(C)CC2. The molecule has 2 atom stereocenters. The van der Waals surface area contributed by atoms with Crippen molar-refractivity contribution in [2.45, 2.75) is 65.7 Å². The minimum absolute atomic E-state index is 0.0211. The molecule has 0 amide bonds. The smallest absolute Gasteiger partial charge is 0.188 e. The van der Waals surface area contributed by atoms with Crippen LogP contribution >= 0.6 is 0 Å². The first-order chi connectivity index (χ1) is 10.9. The van der Waals surface area contributed by atoms with Crippen molar-refractivity contribution in [3.05, 3.63) is 38.5 Å². The maximum Gasteiger partial charge on any atom is 0.188 e. The molecule has 0 spiro atoms. The fraction of sp³-hybridized carbons (Fsp3) is 0.600. The average Bonchev–Trinajstić information content (AvgIpc) is 2.84. The Kier molecular flexibility index (Phi) is 5.61. The summed E-state index contributed by atoms with van der Waals surface area (Å²) in [7, 11) is 0. The van der Waals surface area contributed by atoms with Crippen molar-refractivity contribution in [2.75, 3.05) is 6.54 Å². The molecule has 0 heterocycles. The van der Waals surface area contributed by atoms with Gasteiger partial charge in [-0.3, -0.25) is 9.79 Å². The molecule has 126 valence electrons. The molecular formula is C20H29NO2. The van der Waals surface area contributed by atoms with Gasteiger partial charge in [0, 0.05) is 29.4 Å². The Hall–Kier alpha value is -1.64. The lowest BCUT2D eigenvalue weighted by Gasteiger charge is -2.10. The van der Waals surface area contributed by atoms with Gasteiger partial charge in [-0.15, -0.1) is 0 Å². The van der Waals surface area contributed by atoms with Crippen molar-refractivity contribution < 1.29 is 5.11 Å². The Morgan fingerprint density at radius 2 is 2.09 bits per heavy atom. The summed E-state index contributed by atoms with van der Waals surface area (Å²) in [6.45, 7) is 11.2. The van der Waals surface area contributed by atoms with E-state index in [9.17, 15) is 9.90 Å². The standard InChI is InChI=1S/C20H29NO2/c1-6-13(4)10-21-11-17-15-8-7-14(5)19(15)20(23)16(12(2)3)9-18(17)22/h9,11-14,23H,6-8,10H2,1-5H3. The highest BCUT2D eigenvalue weighted by Crippen LogP contribution is 2.41. The van der Waals surface area contributed by atoms with Gasteiger partial charge in [0.25, 0.3) is 0 Å². The summed E-state index contributed by atoms with van der Waals surface area (Å²) in [4.78, 5) is 17.2. The highest BCUT2D eigenvalue weighted by atomic mass is 16.3. The van der Waals surface area contributed by atoms with Crippen LogP contribution in [0.1, 0.15) is 81.5 Å². The van der Waals surface area contributed by atoms with Gasteiger partial charge in [-0.25, -0.2) is 0 Å². The van der Waals surface area contributed by atoms with Gasteiger partial charge in [-0.05, 0) is 42.2 Å². The summed E-state index contributed by atoms with van der Waals surface area (Å²) in [6, 6.07) is 1.61. The van der Waals surface area contributed by atoms with Crippen molar-refractivity contribution in [1.29, 1.82) is 0 Å². The minimum atomic E-state index is -0.0211. The largest absolute Gasteiger partial charge is 0.507 e. The zero-order valence-corrected chi connectivity index (χ0v) is 15.0. The van der Waals surface area contributed by atoms with Gasteiger partial charge >= 0.3 is 0 Å². The fourth-order valence-corrected chi connectivity index (χ4v) is 3.22. The first kappa shape index (κ1) is 17.7. The van der Waals surface area contributed by atoms with Gasteiger partial charge in [0.05, 0.1) is 0 Å². The Morgan fingerprint density at radius 1 is 1.39 bits per heavy atom. The lowest BCUT2D eigenvalue weighted by atomic mass is 9.97. The van der Waals surface area contributed by atoms with Crippen LogP contribution < -0.4 is 5.43 Å². The second-order valence-corrected chi connectivity index (χ2v) is 7.22. The summed E-state index contributed by atoms with van der Waals surface area (Å²) < 4.78 is 0. The summed E-state index contributed by atoms with van der Waals surface area (Å²) in [5.74, 6) is 1.25. The van der Waals surface area contributed by atoms with E-state index in [1.807, 2.05) is 13.8 Å². The van der Waals surface area contributed by atoms with Crippen molar-refractivity contribution in [3.8, 4) is 5.75 Å². The van der Waals surface area contributed by atoms with Crippen LogP contribution in [0.3, 0.4) is 0 Å². The summed E-state index contributed by atoms with van der Waals surface area (Å²) in [5.41, 5.74) is 3.37. The van der Waals surface area contributed by atoms with Crippen LogP contribution in [0.25, 0.3) is 0 Å². The predicted octanol–water partition coefficient (Wildman–Crippen LogP) is 4.39. The molecule has 2 unspecified atom stereocenters. The number of hydrogen-bond donors (Lipinski definition) is 1. The van der Waals surface area contributed by atoms with E-state index >= 15 is 0 Å². The zero-order chi connectivity index (χ0) is 17.1. The van der Waals surface area contributed by atoms with E-state index in [0.29, 0.717) is 17.2 Å². The molecule has 1 N–H and O–H groups in total. The molecule has 0 saturated carbocycles. The zero-order valence-electron chi connectivity index (χ0n) is 15.0. The highest BCUT2D eigenvalue weighted by molar-refractivity contribution is 5.83. The maximum atomic E-state index is 12.7. The summed E-state index contributed by atoms with van der Waals surface area (Å²) in [5, 5.41) is 10.7.